The van der Waals surface area contributed by atoms with E-state index in [1.54, 1.807) is 12.1 Å². The van der Waals surface area contributed by atoms with Crippen LogP contribution in [0.15, 0.2) is 24.3 Å². The summed E-state index contributed by atoms with van der Waals surface area (Å²) in [5.41, 5.74) is 0.835. The second kappa shape index (κ2) is 6.19. The van der Waals surface area contributed by atoms with Crippen molar-refractivity contribution in [3.05, 3.63) is 35.7 Å². The Labute approximate surface area is 108 Å². The maximum absolute atomic E-state index is 12.1. The molecule has 19 heavy (non-hydrogen) atoms. The van der Waals surface area contributed by atoms with Gasteiger partial charge in [0.1, 0.15) is 5.75 Å². The lowest BCUT2D eigenvalue weighted by atomic mass is 10.1. The van der Waals surface area contributed by atoms with Crippen LogP contribution in [0, 0.1) is 0 Å². The molecule has 0 spiro atoms. The number of aromatic nitrogens is 4. The number of nitrogens with one attached hydrogen (secondary N) is 2. The third-order valence-electron chi connectivity index (χ3n) is 2.54. The molecule has 1 atom stereocenters. The first kappa shape index (κ1) is 13.3. The van der Waals surface area contributed by atoms with Crippen LogP contribution in [0.2, 0.25) is 0 Å². The van der Waals surface area contributed by atoms with Crippen molar-refractivity contribution in [1.29, 1.82) is 0 Å². The van der Waals surface area contributed by atoms with Gasteiger partial charge < -0.3 is 10.1 Å². The second-order valence-corrected chi connectivity index (χ2v) is 3.88. The zero-order valence-electron chi connectivity index (χ0n) is 10.2. The predicted octanol–water partition coefficient (Wildman–Crippen LogP) is 1.65. The van der Waals surface area contributed by atoms with Gasteiger partial charge in [0.05, 0.1) is 6.54 Å². The van der Waals surface area contributed by atoms with Crippen LogP contribution in [0.4, 0.5) is 8.78 Å². The van der Waals surface area contributed by atoms with Gasteiger partial charge in [-0.2, -0.15) is 14.0 Å². The molecule has 0 radical (unpaired) electrons. The van der Waals surface area contributed by atoms with Crippen LogP contribution in [0.1, 0.15) is 24.4 Å². The lowest BCUT2D eigenvalue weighted by Gasteiger charge is -2.14. The number of hydrogen-bond acceptors (Lipinski definition) is 5. The predicted molar refractivity (Wildman–Crippen MR) is 62.5 cm³/mol. The van der Waals surface area contributed by atoms with Crippen molar-refractivity contribution in [2.75, 3.05) is 0 Å². The minimum Gasteiger partial charge on any atom is -0.435 e. The summed E-state index contributed by atoms with van der Waals surface area (Å²) in [5, 5.41) is 16.6. The Hall–Kier alpha value is -2.09. The van der Waals surface area contributed by atoms with Gasteiger partial charge in [-0.05, 0) is 24.6 Å². The number of rotatable bonds is 6. The van der Waals surface area contributed by atoms with Crippen molar-refractivity contribution >= 4 is 0 Å². The van der Waals surface area contributed by atoms with Crippen molar-refractivity contribution in [3.63, 3.8) is 0 Å². The van der Waals surface area contributed by atoms with E-state index in [-0.39, 0.29) is 11.8 Å². The standard InChI is InChI=1S/C11H13F2N5O/c1-7(14-6-10-15-17-18-16-10)8-3-2-4-9(5-8)19-11(12)13/h2-5,7,11,14H,6H2,1H3,(H,15,16,17,18). The second-order valence-electron chi connectivity index (χ2n) is 3.88. The summed E-state index contributed by atoms with van der Waals surface area (Å²) in [6.07, 6.45) is 0. The molecule has 0 aliphatic rings. The maximum atomic E-state index is 12.1. The molecule has 102 valence electrons. The van der Waals surface area contributed by atoms with Crippen molar-refractivity contribution in [1.82, 2.24) is 25.9 Å². The number of tetrazole rings is 1. The van der Waals surface area contributed by atoms with Gasteiger partial charge in [-0.1, -0.05) is 17.3 Å². The Bertz CT molecular complexity index is 506. The van der Waals surface area contributed by atoms with Crippen LogP contribution in [0.3, 0.4) is 0 Å². The van der Waals surface area contributed by atoms with Gasteiger partial charge in [0.2, 0.25) is 0 Å². The molecule has 0 aliphatic heterocycles. The largest absolute Gasteiger partial charge is 0.435 e. The summed E-state index contributed by atoms with van der Waals surface area (Å²) in [7, 11) is 0. The van der Waals surface area contributed by atoms with E-state index in [1.165, 1.54) is 6.07 Å². The van der Waals surface area contributed by atoms with E-state index in [2.05, 4.69) is 30.7 Å². The van der Waals surface area contributed by atoms with Crippen LogP contribution >= 0.6 is 0 Å². The molecule has 0 saturated heterocycles. The number of benzene rings is 1. The average molecular weight is 269 g/mol. The van der Waals surface area contributed by atoms with Crippen molar-refractivity contribution in [2.45, 2.75) is 26.1 Å². The Morgan fingerprint density at radius 1 is 1.42 bits per heavy atom. The molecule has 2 rings (SSSR count). The fourth-order valence-electron chi connectivity index (χ4n) is 1.58. The molecule has 6 nitrogen and oxygen atoms in total. The molecule has 0 amide bonds. The fourth-order valence-corrected chi connectivity index (χ4v) is 1.58. The number of alkyl halides is 2. The van der Waals surface area contributed by atoms with Gasteiger partial charge in [-0.15, -0.1) is 10.2 Å². The molecular formula is C11H13F2N5O. The third-order valence-corrected chi connectivity index (χ3v) is 2.54. The van der Waals surface area contributed by atoms with Gasteiger partial charge in [0.25, 0.3) is 0 Å². The van der Waals surface area contributed by atoms with Gasteiger partial charge in [0, 0.05) is 6.04 Å². The average Bonchev–Trinajstić information content (AvgIpc) is 2.88. The molecular weight excluding hydrogens is 256 g/mol. The Morgan fingerprint density at radius 3 is 2.95 bits per heavy atom. The quantitative estimate of drug-likeness (QED) is 0.834. The molecule has 1 unspecified atom stereocenters. The Balaban J connectivity index is 1.96. The zero-order valence-corrected chi connectivity index (χ0v) is 10.2. The molecule has 0 saturated carbocycles. The SMILES string of the molecule is CC(NCc1nn[nH]n1)c1cccc(OC(F)F)c1. The highest BCUT2D eigenvalue weighted by atomic mass is 19.3. The summed E-state index contributed by atoms with van der Waals surface area (Å²) in [6, 6.07) is 6.49. The summed E-state index contributed by atoms with van der Waals surface area (Å²) < 4.78 is 28.6. The van der Waals surface area contributed by atoms with Gasteiger partial charge >= 0.3 is 6.61 Å². The molecule has 2 aromatic rings. The zero-order chi connectivity index (χ0) is 13.7. The van der Waals surface area contributed by atoms with Crippen LogP contribution in [-0.4, -0.2) is 27.2 Å². The summed E-state index contributed by atoms with van der Waals surface area (Å²) in [4.78, 5) is 0. The summed E-state index contributed by atoms with van der Waals surface area (Å²) >= 11 is 0. The van der Waals surface area contributed by atoms with Crippen molar-refractivity contribution < 1.29 is 13.5 Å². The maximum Gasteiger partial charge on any atom is 0.387 e. The smallest absolute Gasteiger partial charge is 0.387 e. The van der Waals surface area contributed by atoms with Crippen LogP contribution in [0.25, 0.3) is 0 Å². The number of hydrogen-bond donors (Lipinski definition) is 2. The van der Waals surface area contributed by atoms with E-state index in [0.29, 0.717) is 12.4 Å². The van der Waals surface area contributed by atoms with E-state index in [1.807, 2.05) is 13.0 Å². The number of aromatic amines is 1. The number of ether oxygens (including phenoxy) is 1. The lowest BCUT2D eigenvalue weighted by molar-refractivity contribution is -0.0499. The van der Waals surface area contributed by atoms with E-state index in [4.69, 9.17) is 0 Å². The molecule has 2 N–H and O–H groups in total. The molecule has 1 aromatic heterocycles. The lowest BCUT2D eigenvalue weighted by Crippen LogP contribution is -2.19. The van der Waals surface area contributed by atoms with E-state index < -0.39 is 6.61 Å². The van der Waals surface area contributed by atoms with Gasteiger partial charge in [0.15, 0.2) is 5.82 Å². The highest BCUT2D eigenvalue weighted by Gasteiger charge is 2.09. The number of halogens is 2. The molecule has 0 fully saturated rings. The van der Waals surface area contributed by atoms with E-state index in [0.717, 1.165) is 5.56 Å². The van der Waals surface area contributed by atoms with Gasteiger partial charge in [-0.25, -0.2) is 0 Å². The first-order valence-electron chi connectivity index (χ1n) is 5.65. The minimum atomic E-state index is -2.82. The van der Waals surface area contributed by atoms with Crippen LogP contribution in [-0.2, 0) is 6.54 Å². The molecule has 0 aliphatic carbocycles. The Kier molecular flexibility index (Phi) is 4.35. The molecule has 8 heteroatoms. The third kappa shape index (κ3) is 3.95. The van der Waals surface area contributed by atoms with Crippen molar-refractivity contribution in [2.24, 2.45) is 0 Å². The van der Waals surface area contributed by atoms with Crippen molar-refractivity contribution in [3.8, 4) is 5.75 Å². The first-order chi connectivity index (χ1) is 9.15. The van der Waals surface area contributed by atoms with E-state index >= 15 is 0 Å². The normalized spacial score (nSPS) is 12.6. The monoisotopic (exact) mass is 269 g/mol. The first-order valence-corrected chi connectivity index (χ1v) is 5.65. The van der Waals surface area contributed by atoms with Gasteiger partial charge in [-0.3, -0.25) is 0 Å². The fraction of sp³-hybridized carbons (Fsp3) is 0.364. The highest BCUT2D eigenvalue weighted by molar-refractivity contribution is 5.30. The minimum absolute atomic E-state index is 0.0558. The van der Waals surface area contributed by atoms with Crippen LogP contribution < -0.4 is 10.1 Å². The molecule has 1 aromatic carbocycles. The van der Waals surface area contributed by atoms with Crippen LogP contribution in [0.5, 0.6) is 5.75 Å². The topological polar surface area (TPSA) is 75.7 Å². The highest BCUT2D eigenvalue weighted by Crippen LogP contribution is 2.20. The summed E-state index contributed by atoms with van der Waals surface area (Å²) in [5.74, 6) is 0.674. The van der Waals surface area contributed by atoms with E-state index in [9.17, 15) is 8.78 Å². The number of nitrogens with zero attached hydrogens (tertiary/aromatic N) is 3. The molecule has 0 bridgehead atoms. The Morgan fingerprint density at radius 2 is 2.26 bits per heavy atom. The summed E-state index contributed by atoms with van der Waals surface area (Å²) in [6.45, 7) is -0.489. The molecule has 1 heterocycles. The number of H-pyrrole nitrogens is 1.